The van der Waals surface area contributed by atoms with Gasteiger partial charge in [-0.15, -0.1) is 0 Å². The summed E-state index contributed by atoms with van der Waals surface area (Å²) >= 11 is 0. The maximum Gasteiger partial charge on any atom is 0.337 e. The van der Waals surface area contributed by atoms with Crippen LogP contribution in [0.5, 0.6) is 0 Å². The maximum atomic E-state index is 12.8. The molecule has 0 atom stereocenters. The van der Waals surface area contributed by atoms with Crippen LogP contribution < -0.4 is 4.72 Å². The molecule has 2 aromatic carbocycles. The van der Waals surface area contributed by atoms with Crippen molar-refractivity contribution in [1.82, 2.24) is 0 Å². The Morgan fingerprint density at radius 1 is 1.14 bits per heavy atom. The number of methoxy groups -OCH3 is 1. The van der Waals surface area contributed by atoms with Gasteiger partial charge in [0.25, 0.3) is 10.0 Å². The second-order valence-corrected chi connectivity index (χ2v) is 5.81. The van der Waals surface area contributed by atoms with Crippen molar-refractivity contribution < 1.29 is 22.3 Å². The van der Waals surface area contributed by atoms with Crippen molar-refractivity contribution in [2.75, 3.05) is 11.8 Å². The first-order chi connectivity index (χ1) is 9.92. The average molecular weight is 309 g/mol. The Bertz CT molecular complexity index is 757. The Morgan fingerprint density at radius 2 is 1.81 bits per heavy atom. The molecule has 2 aromatic rings. The van der Waals surface area contributed by atoms with E-state index in [0.717, 1.165) is 12.1 Å². The molecule has 0 amide bonds. The third-order valence-electron chi connectivity index (χ3n) is 2.66. The highest BCUT2D eigenvalue weighted by atomic mass is 32.2. The lowest BCUT2D eigenvalue weighted by molar-refractivity contribution is 0.0600. The van der Waals surface area contributed by atoms with Crippen molar-refractivity contribution in [3.63, 3.8) is 0 Å². The second kappa shape index (κ2) is 5.92. The zero-order valence-electron chi connectivity index (χ0n) is 11.0. The molecule has 0 aliphatic rings. The summed E-state index contributed by atoms with van der Waals surface area (Å²) in [5.41, 5.74) is 0.347. The van der Waals surface area contributed by atoms with Crippen molar-refractivity contribution in [2.24, 2.45) is 0 Å². The summed E-state index contributed by atoms with van der Waals surface area (Å²) in [5, 5.41) is 0. The van der Waals surface area contributed by atoms with Gasteiger partial charge in [-0.05, 0) is 42.5 Å². The Balaban J connectivity index is 2.31. The highest BCUT2D eigenvalue weighted by Crippen LogP contribution is 2.17. The van der Waals surface area contributed by atoms with Gasteiger partial charge in [0.15, 0.2) is 0 Å². The van der Waals surface area contributed by atoms with Crippen LogP contribution in [0, 0.1) is 5.82 Å². The number of halogens is 1. The van der Waals surface area contributed by atoms with Gasteiger partial charge in [0.2, 0.25) is 0 Å². The van der Waals surface area contributed by atoms with E-state index < -0.39 is 21.8 Å². The quantitative estimate of drug-likeness (QED) is 0.880. The third kappa shape index (κ3) is 3.57. The molecular weight excluding hydrogens is 297 g/mol. The molecule has 110 valence electrons. The SMILES string of the molecule is COC(=O)c1cccc(S(=O)(=O)Nc2ccc(F)cc2)c1. The minimum atomic E-state index is -3.87. The van der Waals surface area contributed by atoms with Gasteiger partial charge in [-0.1, -0.05) is 6.07 Å². The van der Waals surface area contributed by atoms with Crippen LogP contribution in [0.1, 0.15) is 10.4 Å². The van der Waals surface area contributed by atoms with Crippen LogP contribution in [0.15, 0.2) is 53.4 Å². The summed E-state index contributed by atoms with van der Waals surface area (Å²) in [5.74, 6) is -1.10. The molecule has 21 heavy (non-hydrogen) atoms. The summed E-state index contributed by atoms with van der Waals surface area (Å²) in [6.45, 7) is 0. The highest BCUT2D eigenvalue weighted by Gasteiger charge is 2.16. The number of nitrogens with one attached hydrogen (secondary N) is 1. The van der Waals surface area contributed by atoms with Crippen molar-refractivity contribution in [1.29, 1.82) is 0 Å². The van der Waals surface area contributed by atoms with Gasteiger partial charge in [-0.25, -0.2) is 17.6 Å². The van der Waals surface area contributed by atoms with Gasteiger partial charge in [-0.3, -0.25) is 4.72 Å². The van der Waals surface area contributed by atoms with E-state index in [9.17, 15) is 17.6 Å². The van der Waals surface area contributed by atoms with Crippen molar-refractivity contribution in [2.45, 2.75) is 4.90 Å². The number of esters is 1. The standard InChI is InChI=1S/C14H12FNO4S/c1-20-14(17)10-3-2-4-13(9-10)21(18,19)16-12-7-5-11(15)6-8-12/h2-9,16H,1H3. The summed E-state index contributed by atoms with van der Waals surface area (Å²) in [6.07, 6.45) is 0. The summed E-state index contributed by atoms with van der Waals surface area (Å²) in [6, 6.07) is 10.3. The van der Waals surface area contributed by atoms with Crippen molar-refractivity contribution in [3.8, 4) is 0 Å². The summed E-state index contributed by atoms with van der Waals surface area (Å²) < 4.78 is 44.0. The molecule has 0 unspecified atom stereocenters. The Hall–Kier alpha value is -2.41. The van der Waals surface area contributed by atoms with Crippen LogP contribution in [0.25, 0.3) is 0 Å². The molecule has 0 radical (unpaired) electrons. The monoisotopic (exact) mass is 309 g/mol. The highest BCUT2D eigenvalue weighted by molar-refractivity contribution is 7.92. The molecule has 2 rings (SSSR count). The number of benzene rings is 2. The van der Waals surface area contributed by atoms with Gasteiger partial charge in [0.05, 0.1) is 17.6 Å². The fraction of sp³-hybridized carbons (Fsp3) is 0.0714. The molecular formula is C14H12FNO4S. The molecule has 0 saturated carbocycles. The zero-order chi connectivity index (χ0) is 15.5. The van der Waals surface area contributed by atoms with Gasteiger partial charge in [-0.2, -0.15) is 0 Å². The fourth-order valence-corrected chi connectivity index (χ4v) is 2.74. The number of ether oxygens (including phenoxy) is 1. The van der Waals surface area contributed by atoms with Crippen LogP contribution in [0.3, 0.4) is 0 Å². The molecule has 0 aromatic heterocycles. The predicted molar refractivity (Wildman–Crippen MR) is 75.0 cm³/mol. The van der Waals surface area contributed by atoms with Crippen LogP contribution >= 0.6 is 0 Å². The van der Waals surface area contributed by atoms with E-state index in [2.05, 4.69) is 9.46 Å². The minimum absolute atomic E-state index is 0.0882. The van der Waals surface area contributed by atoms with Gasteiger partial charge < -0.3 is 4.74 Å². The third-order valence-corrected chi connectivity index (χ3v) is 4.04. The molecule has 0 spiro atoms. The summed E-state index contributed by atoms with van der Waals surface area (Å²) in [7, 11) is -2.66. The number of hydrogen-bond donors (Lipinski definition) is 1. The number of carbonyl (C=O) groups excluding carboxylic acids is 1. The molecule has 5 nitrogen and oxygen atoms in total. The Kier molecular flexibility index (Phi) is 4.23. The Morgan fingerprint density at radius 3 is 2.43 bits per heavy atom. The lowest BCUT2D eigenvalue weighted by Crippen LogP contribution is -2.14. The zero-order valence-corrected chi connectivity index (χ0v) is 11.9. The molecule has 1 N–H and O–H groups in total. The topological polar surface area (TPSA) is 72.5 Å². The number of anilines is 1. The maximum absolute atomic E-state index is 12.8. The first kappa shape index (κ1) is 15.0. The van der Waals surface area contributed by atoms with Gasteiger partial charge in [0.1, 0.15) is 5.82 Å². The van der Waals surface area contributed by atoms with Gasteiger partial charge in [0, 0.05) is 5.69 Å². The van der Waals surface area contributed by atoms with E-state index in [4.69, 9.17) is 0 Å². The molecule has 0 heterocycles. The average Bonchev–Trinajstić information content (AvgIpc) is 2.49. The number of sulfonamides is 1. The van der Waals surface area contributed by atoms with Crippen LogP contribution in [0.2, 0.25) is 0 Å². The van der Waals surface area contributed by atoms with Gasteiger partial charge >= 0.3 is 5.97 Å². The number of rotatable bonds is 4. The van der Waals surface area contributed by atoms with Crippen LogP contribution in [-0.4, -0.2) is 21.5 Å². The predicted octanol–water partition coefficient (Wildman–Crippen LogP) is 2.41. The molecule has 0 aliphatic carbocycles. The van der Waals surface area contributed by atoms with Crippen LogP contribution in [0.4, 0.5) is 10.1 Å². The normalized spacial score (nSPS) is 11.0. The van der Waals surface area contributed by atoms with Crippen molar-refractivity contribution in [3.05, 3.63) is 59.9 Å². The van der Waals surface area contributed by atoms with E-state index in [1.165, 1.54) is 43.5 Å². The molecule has 0 saturated heterocycles. The fourth-order valence-electron chi connectivity index (χ4n) is 1.64. The molecule has 0 aliphatic heterocycles. The smallest absolute Gasteiger partial charge is 0.337 e. The first-order valence-corrected chi connectivity index (χ1v) is 7.37. The molecule has 7 heteroatoms. The van der Waals surface area contributed by atoms with E-state index in [0.29, 0.717) is 0 Å². The largest absolute Gasteiger partial charge is 0.465 e. The van der Waals surface area contributed by atoms with Crippen molar-refractivity contribution >= 4 is 21.7 Å². The summed E-state index contributed by atoms with van der Waals surface area (Å²) in [4.78, 5) is 11.3. The molecule has 0 bridgehead atoms. The lowest BCUT2D eigenvalue weighted by Gasteiger charge is -2.09. The Labute approximate surface area is 121 Å². The van der Waals surface area contributed by atoms with E-state index >= 15 is 0 Å². The molecule has 0 fully saturated rings. The van der Waals surface area contributed by atoms with E-state index in [1.54, 1.807) is 0 Å². The lowest BCUT2D eigenvalue weighted by atomic mass is 10.2. The minimum Gasteiger partial charge on any atom is -0.465 e. The van der Waals surface area contributed by atoms with E-state index in [-0.39, 0.29) is 16.1 Å². The second-order valence-electron chi connectivity index (χ2n) is 4.13. The van der Waals surface area contributed by atoms with Crippen LogP contribution in [-0.2, 0) is 14.8 Å². The number of hydrogen-bond acceptors (Lipinski definition) is 4. The van der Waals surface area contributed by atoms with E-state index in [1.807, 2.05) is 0 Å². The number of carbonyl (C=O) groups is 1. The first-order valence-electron chi connectivity index (χ1n) is 5.89.